The van der Waals surface area contributed by atoms with Crippen molar-refractivity contribution in [2.45, 2.75) is 33.1 Å². The summed E-state index contributed by atoms with van der Waals surface area (Å²) in [6.07, 6.45) is 0. The second-order valence-electron chi connectivity index (χ2n) is 5.51. The number of ketones is 1. The van der Waals surface area contributed by atoms with Gasteiger partial charge < -0.3 is 0 Å². The second kappa shape index (κ2) is 3.69. The van der Waals surface area contributed by atoms with Crippen molar-refractivity contribution in [3.05, 3.63) is 29.5 Å². The van der Waals surface area contributed by atoms with Crippen molar-refractivity contribution in [1.82, 2.24) is 9.78 Å². The molecular formula is C14H18N2O. The van der Waals surface area contributed by atoms with Crippen LogP contribution in [0.2, 0.25) is 0 Å². The number of carbonyl (C=O) groups is 1. The van der Waals surface area contributed by atoms with Gasteiger partial charge >= 0.3 is 0 Å². The topological polar surface area (TPSA) is 34.9 Å². The number of aromatic nitrogens is 2. The molecule has 0 amide bonds. The van der Waals surface area contributed by atoms with E-state index in [0.717, 1.165) is 22.2 Å². The molecule has 0 fully saturated rings. The summed E-state index contributed by atoms with van der Waals surface area (Å²) in [5, 5.41) is 5.70. The van der Waals surface area contributed by atoms with E-state index in [4.69, 9.17) is 0 Å². The standard InChI is InChI=1S/C14H18N2O/c1-9(17)10-6-7-11-12(8-10)16(5)15-13(11)14(2,3)4/h6-8H,1-5H3. The zero-order valence-corrected chi connectivity index (χ0v) is 11.0. The molecule has 1 aromatic carbocycles. The van der Waals surface area contributed by atoms with Crippen molar-refractivity contribution in [2.24, 2.45) is 7.05 Å². The molecule has 1 aromatic heterocycles. The van der Waals surface area contributed by atoms with Crippen LogP contribution < -0.4 is 0 Å². The summed E-state index contributed by atoms with van der Waals surface area (Å²) < 4.78 is 1.85. The molecule has 0 unspecified atom stereocenters. The van der Waals surface area contributed by atoms with Gasteiger partial charge in [-0.05, 0) is 13.0 Å². The van der Waals surface area contributed by atoms with Gasteiger partial charge in [-0.3, -0.25) is 9.48 Å². The van der Waals surface area contributed by atoms with E-state index in [1.165, 1.54) is 0 Å². The average molecular weight is 230 g/mol. The Bertz CT molecular complexity index is 588. The third-order valence-electron chi connectivity index (χ3n) is 2.97. The summed E-state index contributed by atoms with van der Waals surface area (Å²) in [6, 6.07) is 5.79. The van der Waals surface area contributed by atoms with E-state index in [1.807, 2.05) is 29.9 Å². The third kappa shape index (κ3) is 1.97. The number of Topliss-reactive ketones (excluding diaryl/α,β-unsaturated/α-hetero) is 1. The van der Waals surface area contributed by atoms with Crippen LogP contribution in [0.3, 0.4) is 0 Å². The third-order valence-corrected chi connectivity index (χ3v) is 2.97. The first-order valence-corrected chi connectivity index (χ1v) is 5.79. The highest BCUT2D eigenvalue weighted by molar-refractivity contribution is 5.98. The predicted octanol–water partition coefficient (Wildman–Crippen LogP) is 3.07. The first-order valence-electron chi connectivity index (χ1n) is 5.79. The first kappa shape index (κ1) is 11.8. The molecule has 0 atom stereocenters. The molecule has 0 aliphatic rings. The van der Waals surface area contributed by atoms with Crippen molar-refractivity contribution < 1.29 is 4.79 Å². The van der Waals surface area contributed by atoms with Gasteiger partial charge in [0.1, 0.15) is 0 Å². The van der Waals surface area contributed by atoms with Crippen LogP contribution >= 0.6 is 0 Å². The quantitative estimate of drug-likeness (QED) is 0.706. The van der Waals surface area contributed by atoms with E-state index in [2.05, 4.69) is 25.9 Å². The Kier molecular flexibility index (Phi) is 2.57. The van der Waals surface area contributed by atoms with Crippen LogP contribution in [0.15, 0.2) is 18.2 Å². The fraction of sp³-hybridized carbons (Fsp3) is 0.429. The Morgan fingerprint density at radius 2 is 1.94 bits per heavy atom. The zero-order valence-electron chi connectivity index (χ0n) is 11.0. The maximum absolute atomic E-state index is 11.4. The number of hydrogen-bond acceptors (Lipinski definition) is 2. The lowest BCUT2D eigenvalue weighted by Gasteiger charge is -2.15. The number of fused-ring (bicyclic) bond motifs is 1. The van der Waals surface area contributed by atoms with Gasteiger partial charge in [-0.2, -0.15) is 5.10 Å². The van der Waals surface area contributed by atoms with Gasteiger partial charge in [0.05, 0.1) is 11.2 Å². The minimum atomic E-state index is 0.0112. The molecule has 0 spiro atoms. The number of hydrogen-bond donors (Lipinski definition) is 0. The van der Waals surface area contributed by atoms with Crippen molar-refractivity contribution >= 4 is 16.7 Å². The summed E-state index contributed by atoms with van der Waals surface area (Å²) in [5.41, 5.74) is 2.84. The van der Waals surface area contributed by atoms with Gasteiger partial charge in [0, 0.05) is 23.4 Å². The van der Waals surface area contributed by atoms with Crippen molar-refractivity contribution in [1.29, 1.82) is 0 Å². The maximum atomic E-state index is 11.4. The predicted molar refractivity (Wildman–Crippen MR) is 69.4 cm³/mol. The minimum Gasteiger partial charge on any atom is -0.295 e. The van der Waals surface area contributed by atoms with Crippen LogP contribution in [0.25, 0.3) is 10.9 Å². The van der Waals surface area contributed by atoms with Crippen LogP contribution in [-0.4, -0.2) is 15.6 Å². The Hall–Kier alpha value is -1.64. The number of nitrogens with zero attached hydrogens (tertiary/aromatic N) is 2. The van der Waals surface area contributed by atoms with Crippen LogP contribution in [-0.2, 0) is 12.5 Å². The van der Waals surface area contributed by atoms with Gasteiger partial charge in [0.15, 0.2) is 5.78 Å². The van der Waals surface area contributed by atoms with Gasteiger partial charge in [0.25, 0.3) is 0 Å². The van der Waals surface area contributed by atoms with E-state index in [-0.39, 0.29) is 11.2 Å². The normalized spacial score (nSPS) is 12.1. The molecule has 17 heavy (non-hydrogen) atoms. The molecule has 0 saturated carbocycles. The van der Waals surface area contributed by atoms with Gasteiger partial charge in [-0.1, -0.05) is 32.9 Å². The molecule has 90 valence electrons. The summed E-state index contributed by atoms with van der Waals surface area (Å²) in [6.45, 7) is 8.02. The van der Waals surface area contributed by atoms with E-state index >= 15 is 0 Å². The van der Waals surface area contributed by atoms with Crippen molar-refractivity contribution in [2.75, 3.05) is 0 Å². The SMILES string of the molecule is CC(=O)c1ccc2c(C(C)(C)C)nn(C)c2c1. The smallest absolute Gasteiger partial charge is 0.159 e. The van der Waals surface area contributed by atoms with Crippen molar-refractivity contribution in [3.63, 3.8) is 0 Å². The fourth-order valence-corrected chi connectivity index (χ4v) is 2.03. The second-order valence-corrected chi connectivity index (χ2v) is 5.51. The molecule has 3 heteroatoms. The monoisotopic (exact) mass is 230 g/mol. The lowest BCUT2D eigenvalue weighted by molar-refractivity contribution is 0.101. The molecule has 0 N–H and O–H groups in total. The zero-order chi connectivity index (χ0) is 12.8. The Balaban J connectivity index is 2.74. The molecule has 0 saturated heterocycles. The van der Waals surface area contributed by atoms with Crippen LogP contribution in [0.4, 0.5) is 0 Å². The summed E-state index contributed by atoms with van der Waals surface area (Å²) in [7, 11) is 1.92. The molecule has 0 radical (unpaired) electrons. The number of aryl methyl sites for hydroxylation is 1. The van der Waals surface area contributed by atoms with Gasteiger partial charge in [-0.15, -0.1) is 0 Å². The number of benzene rings is 1. The summed E-state index contributed by atoms with van der Waals surface area (Å²) in [5.74, 6) is 0.0883. The fourth-order valence-electron chi connectivity index (χ4n) is 2.03. The minimum absolute atomic E-state index is 0.0112. The highest BCUT2D eigenvalue weighted by Crippen LogP contribution is 2.29. The molecule has 0 bridgehead atoms. The summed E-state index contributed by atoms with van der Waals surface area (Å²) in [4.78, 5) is 11.4. The number of rotatable bonds is 1. The van der Waals surface area contributed by atoms with Crippen LogP contribution in [0, 0.1) is 0 Å². The highest BCUT2D eigenvalue weighted by Gasteiger charge is 2.21. The highest BCUT2D eigenvalue weighted by atomic mass is 16.1. The number of carbonyl (C=O) groups excluding carboxylic acids is 1. The molecule has 3 nitrogen and oxygen atoms in total. The van der Waals surface area contributed by atoms with E-state index in [1.54, 1.807) is 6.92 Å². The molecule has 2 rings (SSSR count). The average Bonchev–Trinajstić information content (AvgIpc) is 2.55. The summed E-state index contributed by atoms with van der Waals surface area (Å²) >= 11 is 0. The lowest BCUT2D eigenvalue weighted by Crippen LogP contribution is -2.12. The molecular weight excluding hydrogens is 212 g/mol. The van der Waals surface area contributed by atoms with Crippen molar-refractivity contribution in [3.8, 4) is 0 Å². The van der Waals surface area contributed by atoms with Crippen LogP contribution in [0.1, 0.15) is 43.7 Å². The van der Waals surface area contributed by atoms with Gasteiger partial charge in [0.2, 0.25) is 0 Å². The molecule has 0 aliphatic carbocycles. The van der Waals surface area contributed by atoms with Gasteiger partial charge in [-0.25, -0.2) is 0 Å². The van der Waals surface area contributed by atoms with E-state index in [0.29, 0.717) is 0 Å². The van der Waals surface area contributed by atoms with E-state index in [9.17, 15) is 4.79 Å². The van der Waals surface area contributed by atoms with E-state index < -0.39 is 0 Å². The van der Waals surface area contributed by atoms with Crippen LogP contribution in [0.5, 0.6) is 0 Å². The lowest BCUT2D eigenvalue weighted by atomic mass is 9.89. The molecule has 1 heterocycles. The first-order chi connectivity index (χ1) is 7.80. The Morgan fingerprint density at radius 1 is 1.29 bits per heavy atom. The Labute approximate surface area is 101 Å². The Morgan fingerprint density at radius 3 is 2.47 bits per heavy atom. The largest absolute Gasteiger partial charge is 0.295 e. The molecule has 0 aliphatic heterocycles. The molecule has 2 aromatic rings. The maximum Gasteiger partial charge on any atom is 0.159 e.